The molecule has 1 saturated heterocycles. The number of hydrogen-bond donors (Lipinski definition) is 2. The van der Waals surface area contributed by atoms with E-state index in [9.17, 15) is 14.7 Å². The number of amides is 1. The van der Waals surface area contributed by atoms with Gasteiger partial charge in [-0.05, 0) is 49.0 Å². The zero-order chi connectivity index (χ0) is 14.6. The predicted molar refractivity (Wildman–Crippen MR) is 80.8 cm³/mol. The van der Waals surface area contributed by atoms with Crippen LogP contribution in [0.2, 0.25) is 0 Å². The van der Waals surface area contributed by atoms with E-state index in [4.69, 9.17) is 0 Å². The van der Waals surface area contributed by atoms with Crippen molar-refractivity contribution in [3.8, 4) is 0 Å². The van der Waals surface area contributed by atoms with Crippen LogP contribution in [0.1, 0.15) is 51.9 Å². The second kappa shape index (κ2) is 6.83. The van der Waals surface area contributed by atoms with Crippen LogP contribution in [0.3, 0.4) is 0 Å². The third-order valence-electron chi connectivity index (χ3n) is 4.60. The fourth-order valence-electron chi connectivity index (χ4n) is 3.44. The van der Waals surface area contributed by atoms with Gasteiger partial charge in [-0.3, -0.25) is 4.79 Å². The molecule has 0 bridgehead atoms. The molecule has 2 rings (SSSR count). The molecule has 5 heteroatoms. The third-order valence-corrected chi connectivity index (χ3v) is 5.65. The van der Waals surface area contributed by atoms with E-state index in [1.54, 1.807) is 0 Å². The SMILES string of the molecule is CC1CCCC(NC(=O)CC2CCSCC2)(C(=O)O)C1. The van der Waals surface area contributed by atoms with Gasteiger partial charge in [0, 0.05) is 6.42 Å². The van der Waals surface area contributed by atoms with Crippen LogP contribution in [0.25, 0.3) is 0 Å². The molecule has 2 N–H and O–H groups in total. The molecule has 2 unspecified atom stereocenters. The number of carbonyl (C=O) groups is 2. The van der Waals surface area contributed by atoms with Crippen LogP contribution in [0, 0.1) is 11.8 Å². The summed E-state index contributed by atoms with van der Waals surface area (Å²) in [5.74, 6) is 2.11. The topological polar surface area (TPSA) is 66.4 Å². The van der Waals surface area contributed by atoms with Gasteiger partial charge in [0.15, 0.2) is 0 Å². The van der Waals surface area contributed by atoms with E-state index >= 15 is 0 Å². The summed E-state index contributed by atoms with van der Waals surface area (Å²) in [5, 5.41) is 12.4. The van der Waals surface area contributed by atoms with Crippen molar-refractivity contribution in [3.63, 3.8) is 0 Å². The van der Waals surface area contributed by atoms with Crippen molar-refractivity contribution in [2.24, 2.45) is 11.8 Å². The third kappa shape index (κ3) is 3.90. The van der Waals surface area contributed by atoms with Crippen LogP contribution in [0.4, 0.5) is 0 Å². The minimum atomic E-state index is -1.02. The highest BCUT2D eigenvalue weighted by Gasteiger charge is 2.43. The summed E-state index contributed by atoms with van der Waals surface area (Å²) in [6, 6.07) is 0. The van der Waals surface area contributed by atoms with Crippen molar-refractivity contribution < 1.29 is 14.7 Å². The molecular weight excluding hydrogens is 274 g/mol. The normalized spacial score (nSPS) is 31.8. The molecule has 2 atom stereocenters. The van der Waals surface area contributed by atoms with Crippen molar-refractivity contribution in [1.29, 1.82) is 0 Å². The number of carboxylic acids is 1. The highest BCUT2D eigenvalue weighted by Crippen LogP contribution is 2.33. The van der Waals surface area contributed by atoms with Gasteiger partial charge < -0.3 is 10.4 Å². The van der Waals surface area contributed by atoms with Gasteiger partial charge in [0.2, 0.25) is 5.91 Å². The lowest BCUT2D eigenvalue weighted by molar-refractivity contribution is -0.150. The highest BCUT2D eigenvalue weighted by molar-refractivity contribution is 7.99. The van der Waals surface area contributed by atoms with Gasteiger partial charge in [0.1, 0.15) is 5.54 Å². The molecule has 1 aliphatic heterocycles. The van der Waals surface area contributed by atoms with Crippen molar-refractivity contribution in [2.45, 2.75) is 57.4 Å². The first-order chi connectivity index (χ1) is 9.52. The Bertz CT molecular complexity index is 368. The minimum Gasteiger partial charge on any atom is -0.480 e. The number of rotatable bonds is 4. The van der Waals surface area contributed by atoms with Crippen molar-refractivity contribution >= 4 is 23.6 Å². The molecule has 4 nitrogen and oxygen atoms in total. The van der Waals surface area contributed by atoms with Gasteiger partial charge >= 0.3 is 5.97 Å². The van der Waals surface area contributed by atoms with E-state index in [-0.39, 0.29) is 5.91 Å². The lowest BCUT2D eigenvalue weighted by atomic mass is 9.76. The molecule has 0 aromatic heterocycles. The van der Waals surface area contributed by atoms with Gasteiger partial charge in [-0.15, -0.1) is 0 Å². The Morgan fingerprint density at radius 1 is 1.30 bits per heavy atom. The summed E-state index contributed by atoms with van der Waals surface area (Å²) >= 11 is 1.94. The molecular formula is C15H25NO3S. The van der Waals surface area contributed by atoms with Crippen molar-refractivity contribution in [1.82, 2.24) is 5.32 Å². The molecule has 20 heavy (non-hydrogen) atoms. The first-order valence-electron chi connectivity index (χ1n) is 7.64. The second-order valence-electron chi connectivity index (χ2n) is 6.40. The van der Waals surface area contributed by atoms with Crippen LogP contribution in [-0.2, 0) is 9.59 Å². The molecule has 2 fully saturated rings. The average Bonchev–Trinajstić information content (AvgIpc) is 2.39. The van der Waals surface area contributed by atoms with E-state index in [0.717, 1.165) is 37.2 Å². The van der Waals surface area contributed by atoms with Crippen LogP contribution in [-0.4, -0.2) is 34.0 Å². The first kappa shape index (κ1) is 15.7. The smallest absolute Gasteiger partial charge is 0.329 e. The Balaban J connectivity index is 1.93. The zero-order valence-electron chi connectivity index (χ0n) is 12.2. The maximum absolute atomic E-state index is 12.2. The van der Waals surface area contributed by atoms with E-state index in [0.29, 0.717) is 31.1 Å². The van der Waals surface area contributed by atoms with Gasteiger partial charge in [-0.1, -0.05) is 19.8 Å². The Morgan fingerprint density at radius 3 is 2.60 bits per heavy atom. The number of thioether (sulfide) groups is 1. The molecule has 0 aromatic carbocycles. The van der Waals surface area contributed by atoms with Crippen LogP contribution in [0.15, 0.2) is 0 Å². The maximum Gasteiger partial charge on any atom is 0.329 e. The molecule has 114 valence electrons. The van der Waals surface area contributed by atoms with Gasteiger partial charge in [-0.2, -0.15) is 11.8 Å². The highest BCUT2D eigenvalue weighted by atomic mass is 32.2. The summed E-state index contributed by atoms with van der Waals surface area (Å²) in [5.41, 5.74) is -1.02. The first-order valence-corrected chi connectivity index (χ1v) is 8.79. The number of aliphatic carboxylic acids is 1. The average molecular weight is 299 g/mol. The molecule has 0 radical (unpaired) electrons. The fraction of sp³-hybridized carbons (Fsp3) is 0.867. The Kier molecular flexibility index (Phi) is 5.35. The van der Waals surface area contributed by atoms with E-state index in [2.05, 4.69) is 12.2 Å². The number of carboxylic acid groups (broad SMARTS) is 1. The van der Waals surface area contributed by atoms with Crippen LogP contribution >= 0.6 is 11.8 Å². The summed E-state index contributed by atoms with van der Waals surface area (Å²) < 4.78 is 0. The van der Waals surface area contributed by atoms with Crippen LogP contribution < -0.4 is 5.32 Å². The second-order valence-corrected chi connectivity index (χ2v) is 7.62. The molecule has 0 spiro atoms. The van der Waals surface area contributed by atoms with E-state index < -0.39 is 11.5 Å². The van der Waals surface area contributed by atoms with E-state index in [1.807, 2.05) is 11.8 Å². The minimum absolute atomic E-state index is 0.0709. The lowest BCUT2D eigenvalue weighted by Crippen LogP contribution is -2.57. The molecule has 1 amide bonds. The summed E-state index contributed by atoms with van der Waals surface area (Å²) in [6.07, 6.45) is 5.72. The number of nitrogens with one attached hydrogen (secondary N) is 1. The largest absolute Gasteiger partial charge is 0.480 e. The molecule has 1 aliphatic carbocycles. The molecule has 1 saturated carbocycles. The summed E-state index contributed by atoms with van der Waals surface area (Å²) in [6.45, 7) is 2.07. The molecule has 2 aliphatic rings. The monoisotopic (exact) mass is 299 g/mol. The van der Waals surface area contributed by atoms with Gasteiger partial charge in [-0.25, -0.2) is 4.79 Å². The van der Waals surface area contributed by atoms with Crippen LogP contribution in [0.5, 0.6) is 0 Å². The quantitative estimate of drug-likeness (QED) is 0.837. The summed E-state index contributed by atoms with van der Waals surface area (Å²) in [7, 11) is 0. The van der Waals surface area contributed by atoms with Crippen molar-refractivity contribution in [3.05, 3.63) is 0 Å². The molecule has 1 heterocycles. The Labute approximate surface area is 125 Å². The molecule has 0 aromatic rings. The van der Waals surface area contributed by atoms with Crippen molar-refractivity contribution in [2.75, 3.05) is 11.5 Å². The zero-order valence-corrected chi connectivity index (χ0v) is 13.0. The predicted octanol–water partition coefficient (Wildman–Crippen LogP) is 2.67. The standard InChI is InChI=1S/C15H25NO3S/c1-11-3-2-6-15(10-11,14(18)19)16-13(17)9-12-4-7-20-8-5-12/h11-12H,2-10H2,1H3,(H,16,17)(H,18,19). The lowest BCUT2D eigenvalue weighted by Gasteiger charge is -2.37. The van der Waals surface area contributed by atoms with Gasteiger partial charge in [0.25, 0.3) is 0 Å². The van der Waals surface area contributed by atoms with E-state index in [1.165, 1.54) is 0 Å². The summed E-state index contributed by atoms with van der Waals surface area (Å²) in [4.78, 5) is 23.8. The van der Waals surface area contributed by atoms with Gasteiger partial charge in [0.05, 0.1) is 0 Å². The maximum atomic E-state index is 12.2. The number of hydrogen-bond acceptors (Lipinski definition) is 3. The number of carbonyl (C=O) groups excluding carboxylic acids is 1. The Hall–Kier alpha value is -0.710. The fourth-order valence-corrected chi connectivity index (χ4v) is 4.65. The Morgan fingerprint density at radius 2 is 2.00 bits per heavy atom.